The van der Waals surface area contributed by atoms with Gasteiger partial charge in [-0.05, 0) is 30.5 Å². The zero-order valence-electron chi connectivity index (χ0n) is 14.0. The molecule has 2 aromatic heterocycles. The summed E-state index contributed by atoms with van der Waals surface area (Å²) in [5, 5.41) is 5.80. The minimum Gasteiger partial charge on any atom is -0.497 e. The minimum atomic E-state index is -0.00825. The minimum absolute atomic E-state index is 0.00825. The Balaban J connectivity index is 1.62. The van der Waals surface area contributed by atoms with Gasteiger partial charge in [0, 0.05) is 23.3 Å². The van der Waals surface area contributed by atoms with Crippen molar-refractivity contribution < 1.29 is 9.53 Å². The van der Waals surface area contributed by atoms with E-state index in [1.54, 1.807) is 24.6 Å². The number of nitrogens with zero attached hydrogens (tertiary/aromatic N) is 2. The highest BCUT2D eigenvalue weighted by molar-refractivity contribution is 7.99. The number of nitrogens with one attached hydrogen (secondary N) is 1. The second-order valence-corrected chi connectivity index (χ2v) is 7.30. The molecule has 0 fully saturated rings. The van der Waals surface area contributed by atoms with Gasteiger partial charge in [0.2, 0.25) is 5.91 Å². The van der Waals surface area contributed by atoms with E-state index in [0.717, 1.165) is 21.5 Å². The van der Waals surface area contributed by atoms with Crippen LogP contribution in [0.15, 0.2) is 59.3 Å². The Morgan fingerprint density at radius 3 is 3.04 bits per heavy atom. The number of hydrogen-bond donors (Lipinski definition) is 1. The fourth-order valence-corrected chi connectivity index (χ4v) is 3.89. The molecule has 7 heteroatoms. The molecule has 1 aromatic carbocycles. The molecule has 5 nitrogen and oxygen atoms in total. The van der Waals surface area contributed by atoms with Crippen molar-refractivity contribution in [1.82, 2.24) is 14.9 Å². The maximum absolute atomic E-state index is 12.2. The maximum atomic E-state index is 12.2. The van der Waals surface area contributed by atoms with Crippen molar-refractivity contribution in [3.05, 3.63) is 59.0 Å². The van der Waals surface area contributed by atoms with Crippen LogP contribution < -0.4 is 10.1 Å². The molecule has 0 saturated carbocycles. The molecule has 0 bridgehead atoms. The highest BCUT2D eigenvalue weighted by Crippen LogP contribution is 2.23. The summed E-state index contributed by atoms with van der Waals surface area (Å²) in [6, 6.07) is 11.8. The van der Waals surface area contributed by atoms with Gasteiger partial charge < -0.3 is 10.1 Å². The van der Waals surface area contributed by atoms with Crippen LogP contribution in [0.4, 0.5) is 0 Å². The summed E-state index contributed by atoms with van der Waals surface area (Å²) in [7, 11) is 1.64. The molecule has 2 heterocycles. The number of methoxy groups -OCH3 is 1. The number of thiophene rings is 1. The normalized spacial score (nSPS) is 11.9. The van der Waals surface area contributed by atoms with Crippen LogP contribution >= 0.6 is 23.1 Å². The van der Waals surface area contributed by atoms with E-state index in [1.807, 2.05) is 59.5 Å². The Labute approximate surface area is 155 Å². The van der Waals surface area contributed by atoms with Crippen LogP contribution in [-0.4, -0.2) is 28.3 Å². The van der Waals surface area contributed by atoms with Gasteiger partial charge in [-0.25, -0.2) is 4.98 Å². The van der Waals surface area contributed by atoms with Crippen molar-refractivity contribution in [2.24, 2.45) is 0 Å². The van der Waals surface area contributed by atoms with E-state index in [4.69, 9.17) is 4.74 Å². The number of benzene rings is 1. The summed E-state index contributed by atoms with van der Waals surface area (Å²) in [5.74, 6) is 1.09. The van der Waals surface area contributed by atoms with Crippen molar-refractivity contribution in [3.63, 3.8) is 0 Å². The maximum Gasteiger partial charge on any atom is 0.230 e. The van der Waals surface area contributed by atoms with Crippen LogP contribution in [0, 0.1) is 0 Å². The predicted octanol–water partition coefficient (Wildman–Crippen LogP) is 3.91. The summed E-state index contributed by atoms with van der Waals surface area (Å²) in [6.45, 7) is 1.99. The van der Waals surface area contributed by atoms with E-state index in [0.29, 0.717) is 5.75 Å². The topological polar surface area (TPSA) is 56.2 Å². The van der Waals surface area contributed by atoms with Crippen LogP contribution in [0.25, 0.3) is 5.69 Å². The molecule has 0 radical (unpaired) electrons. The van der Waals surface area contributed by atoms with E-state index in [2.05, 4.69) is 10.3 Å². The molecule has 1 unspecified atom stereocenters. The van der Waals surface area contributed by atoms with Gasteiger partial charge in [-0.1, -0.05) is 23.9 Å². The summed E-state index contributed by atoms with van der Waals surface area (Å²) in [5.41, 5.74) is 0.951. The Morgan fingerprint density at radius 2 is 2.28 bits per heavy atom. The number of carbonyl (C=O) groups excluding carboxylic acids is 1. The molecular formula is C18H19N3O2S2. The smallest absolute Gasteiger partial charge is 0.230 e. The highest BCUT2D eigenvalue weighted by atomic mass is 32.2. The first-order chi connectivity index (χ1) is 12.2. The number of rotatable bonds is 7. The third kappa shape index (κ3) is 4.43. The van der Waals surface area contributed by atoms with Gasteiger partial charge in [0.05, 0.1) is 24.6 Å². The predicted molar refractivity (Wildman–Crippen MR) is 102 cm³/mol. The molecule has 25 heavy (non-hydrogen) atoms. The first-order valence-electron chi connectivity index (χ1n) is 7.80. The number of hydrogen-bond acceptors (Lipinski definition) is 5. The average Bonchev–Trinajstić information content (AvgIpc) is 3.31. The molecule has 1 N–H and O–H groups in total. The molecule has 0 aliphatic rings. The lowest BCUT2D eigenvalue weighted by Gasteiger charge is -2.12. The van der Waals surface area contributed by atoms with Crippen LogP contribution in [0.1, 0.15) is 17.8 Å². The SMILES string of the molecule is COc1cccc(-n2ccnc2SCC(=O)NC(C)c2cccs2)c1. The van der Waals surface area contributed by atoms with E-state index in [-0.39, 0.29) is 11.9 Å². The lowest BCUT2D eigenvalue weighted by Crippen LogP contribution is -2.27. The monoisotopic (exact) mass is 373 g/mol. The second-order valence-electron chi connectivity index (χ2n) is 5.37. The second kappa shape index (κ2) is 8.22. The Hall–Kier alpha value is -2.25. The van der Waals surface area contributed by atoms with E-state index in [9.17, 15) is 4.79 Å². The summed E-state index contributed by atoms with van der Waals surface area (Å²) >= 11 is 3.05. The van der Waals surface area contributed by atoms with Crippen molar-refractivity contribution in [2.45, 2.75) is 18.1 Å². The van der Waals surface area contributed by atoms with Gasteiger partial charge in [-0.2, -0.15) is 0 Å². The lowest BCUT2D eigenvalue weighted by molar-refractivity contribution is -0.119. The first-order valence-corrected chi connectivity index (χ1v) is 9.67. The molecule has 3 aromatic rings. The first kappa shape index (κ1) is 17.6. The number of aromatic nitrogens is 2. The number of carbonyl (C=O) groups is 1. The zero-order valence-corrected chi connectivity index (χ0v) is 15.6. The van der Waals surface area contributed by atoms with Crippen molar-refractivity contribution in [2.75, 3.05) is 12.9 Å². The van der Waals surface area contributed by atoms with Crippen LogP contribution in [0.2, 0.25) is 0 Å². The molecule has 130 valence electrons. The van der Waals surface area contributed by atoms with Gasteiger partial charge in [0.25, 0.3) is 0 Å². The zero-order chi connectivity index (χ0) is 17.6. The van der Waals surface area contributed by atoms with Gasteiger partial charge in [0.15, 0.2) is 5.16 Å². The largest absolute Gasteiger partial charge is 0.497 e. The van der Waals surface area contributed by atoms with Crippen molar-refractivity contribution >= 4 is 29.0 Å². The quantitative estimate of drug-likeness (QED) is 0.638. The number of thioether (sulfide) groups is 1. The average molecular weight is 374 g/mol. The standard InChI is InChI=1S/C18H19N3O2S2/c1-13(16-7-4-10-24-16)20-17(22)12-25-18-19-8-9-21(18)14-5-3-6-15(11-14)23-2/h3-11,13H,12H2,1-2H3,(H,20,22). The molecule has 0 saturated heterocycles. The van der Waals surface area contributed by atoms with Crippen molar-refractivity contribution in [1.29, 1.82) is 0 Å². The molecule has 1 atom stereocenters. The molecular weight excluding hydrogens is 354 g/mol. The van der Waals surface area contributed by atoms with Crippen LogP contribution in [0.5, 0.6) is 5.75 Å². The molecule has 0 aliphatic carbocycles. The van der Waals surface area contributed by atoms with Crippen LogP contribution in [-0.2, 0) is 4.79 Å². The fourth-order valence-electron chi connectivity index (χ4n) is 2.38. The number of ether oxygens (including phenoxy) is 1. The Morgan fingerprint density at radius 1 is 1.40 bits per heavy atom. The number of imidazole rings is 1. The molecule has 1 amide bonds. The van der Waals surface area contributed by atoms with Gasteiger partial charge in [-0.15, -0.1) is 11.3 Å². The van der Waals surface area contributed by atoms with E-state index < -0.39 is 0 Å². The molecule has 3 rings (SSSR count). The Kier molecular flexibility index (Phi) is 5.78. The summed E-state index contributed by atoms with van der Waals surface area (Å²) < 4.78 is 7.21. The Bertz CT molecular complexity index is 830. The van der Waals surface area contributed by atoms with Crippen molar-refractivity contribution in [3.8, 4) is 11.4 Å². The fraction of sp³-hybridized carbons (Fsp3) is 0.222. The lowest BCUT2D eigenvalue weighted by atomic mass is 10.3. The molecule has 0 aliphatic heterocycles. The van der Waals surface area contributed by atoms with E-state index in [1.165, 1.54) is 11.8 Å². The van der Waals surface area contributed by atoms with Gasteiger partial charge >= 0.3 is 0 Å². The van der Waals surface area contributed by atoms with Gasteiger partial charge in [0.1, 0.15) is 5.75 Å². The molecule has 0 spiro atoms. The summed E-state index contributed by atoms with van der Waals surface area (Å²) in [6.07, 6.45) is 3.61. The number of amides is 1. The van der Waals surface area contributed by atoms with E-state index >= 15 is 0 Å². The van der Waals surface area contributed by atoms with Gasteiger partial charge in [-0.3, -0.25) is 9.36 Å². The third-order valence-corrected chi connectivity index (χ3v) is 5.64. The summed E-state index contributed by atoms with van der Waals surface area (Å²) in [4.78, 5) is 17.7. The van der Waals surface area contributed by atoms with Crippen LogP contribution in [0.3, 0.4) is 0 Å². The third-order valence-electron chi connectivity index (χ3n) is 3.62. The highest BCUT2D eigenvalue weighted by Gasteiger charge is 2.13.